The summed E-state index contributed by atoms with van der Waals surface area (Å²) >= 11 is 0. The van der Waals surface area contributed by atoms with Gasteiger partial charge in [0.1, 0.15) is 11.9 Å². The van der Waals surface area contributed by atoms with Crippen molar-refractivity contribution in [2.45, 2.75) is 12.2 Å². The number of hydrogen-bond donors (Lipinski definition) is 3. The number of rotatable bonds is 2. The first kappa shape index (κ1) is 16.3. The summed E-state index contributed by atoms with van der Waals surface area (Å²) in [6, 6.07) is 0. The molecule has 0 aromatic rings. The van der Waals surface area contributed by atoms with E-state index in [1.54, 1.807) is 0 Å². The Hall–Kier alpha value is -0.150. The smallest absolute Gasteiger partial charge is 0.549 e. The van der Waals surface area contributed by atoms with Gasteiger partial charge in [-0.2, -0.15) is 0 Å². The summed E-state index contributed by atoms with van der Waals surface area (Å²) in [4.78, 5) is 21.1. The Morgan fingerprint density at radius 1 is 1.50 bits per heavy atom. The molecule has 14 heavy (non-hydrogen) atoms. The Morgan fingerprint density at radius 2 is 2.00 bits per heavy atom. The monoisotopic (exact) mass is 216 g/mol. The molecule has 1 rings (SSSR count). The van der Waals surface area contributed by atoms with E-state index in [-0.39, 0.29) is 35.0 Å². The van der Waals surface area contributed by atoms with Crippen LogP contribution in [0.15, 0.2) is 0 Å². The van der Waals surface area contributed by atoms with E-state index < -0.39 is 36.7 Å². The molecule has 0 aliphatic carbocycles. The summed E-state index contributed by atoms with van der Waals surface area (Å²) in [6.45, 7) is -0.699. The Bertz CT molecular complexity index is 218. The molecule has 0 amide bonds. The Balaban J connectivity index is 0. The average Bonchev–Trinajstić information content (AvgIpc) is 2.32. The topological polar surface area (TPSA) is 136 Å². The largest absolute Gasteiger partial charge is 1.00 e. The third kappa shape index (κ3) is 2.92. The Labute approximate surface area is 101 Å². The zero-order chi connectivity index (χ0) is 9.30. The molecular weight excluding hydrogens is 207 g/mol. The number of cyclic esters (lactones) is 1. The number of ketones is 1. The summed E-state index contributed by atoms with van der Waals surface area (Å²) < 4.78 is 4.25. The number of aliphatic hydroxyl groups is 3. The van der Waals surface area contributed by atoms with Gasteiger partial charge < -0.3 is 35.1 Å². The van der Waals surface area contributed by atoms with Crippen LogP contribution >= 0.6 is 0 Å². The SMILES string of the molecule is O.O=C1O[C@@H]([C@H](O)CO)[C-](O)C1=O.[Na+]. The van der Waals surface area contributed by atoms with E-state index in [0.717, 1.165) is 0 Å². The Morgan fingerprint density at radius 3 is 2.29 bits per heavy atom. The molecule has 5 N–H and O–H groups in total. The number of aliphatic hydroxyl groups excluding tert-OH is 3. The molecule has 2 atom stereocenters. The van der Waals surface area contributed by atoms with Crippen LogP contribution in [-0.4, -0.2) is 51.4 Å². The predicted molar refractivity (Wildman–Crippen MR) is 36.8 cm³/mol. The van der Waals surface area contributed by atoms with Crippen LogP contribution in [0.4, 0.5) is 0 Å². The number of carbonyl (C=O) groups is 2. The second kappa shape index (κ2) is 6.36. The van der Waals surface area contributed by atoms with Crippen LogP contribution in [0, 0.1) is 6.10 Å². The molecule has 0 aromatic heterocycles. The minimum Gasteiger partial charge on any atom is -0.549 e. The fourth-order valence-corrected chi connectivity index (χ4v) is 0.815. The van der Waals surface area contributed by atoms with Crippen molar-refractivity contribution < 1.29 is 64.7 Å². The zero-order valence-electron chi connectivity index (χ0n) is 7.43. The van der Waals surface area contributed by atoms with Crippen LogP contribution in [0.25, 0.3) is 0 Å². The van der Waals surface area contributed by atoms with Crippen molar-refractivity contribution in [2.75, 3.05) is 6.61 Å². The molecule has 8 heteroatoms. The standard InChI is InChI=1S/C6H7O6.Na.H2O/c7-1-2(8)5-3(9)4(10)6(11)12-5;;/h2,5,7-9H,1H2;;1H2/q-1;+1;/t2-,5+;;/m1../s1. The van der Waals surface area contributed by atoms with Crippen LogP contribution in [0.2, 0.25) is 0 Å². The van der Waals surface area contributed by atoms with E-state index in [0.29, 0.717) is 0 Å². The summed E-state index contributed by atoms with van der Waals surface area (Å²) in [7, 11) is 0. The first-order valence-electron chi connectivity index (χ1n) is 3.18. The number of Topliss-reactive ketones (excluding diaryl/α,β-unsaturated/α-hetero) is 1. The quantitative estimate of drug-likeness (QED) is 0.182. The van der Waals surface area contributed by atoms with Gasteiger partial charge >= 0.3 is 29.6 Å². The van der Waals surface area contributed by atoms with Crippen molar-refractivity contribution in [3.63, 3.8) is 0 Å². The molecule has 1 aliphatic rings. The average molecular weight is 216 g/mol. The molecular formula is C6H9NaO7. The summed E-state index contributed by atoms with van der Waals surface area (Å²) in [6.07, 6.45) is -3.74. The number of hydrogen-bond acceptors (Lipinski definition) is 6. The molecule has 0 unspecified atom stereocenters. The Kier molecular flexibility index (Phi) is 7.39. The third-order valence-corrected chi connectivity index (χ3v) is 1.46. The molecule has 7 nitrogen and oxygen atoms in total. The van der Waals surface area contributed by atoms with Crippen LogP contribution in [0.3, 0.4) is 0 Å². The summed E-state index contributed by atoms with van der Waals surface area (Å²) in [5.41, 5.74) is 0. The molecule has 76 valence electrons. The predicted octanol–water partition coefficient (Wildman–Crippen LogP) is -6.08. The molecule has 0 bridgehead atoms. The normalized spacial score (nSPS) is 22.2. The van der Waals surface area contributed by atoms with Gasteiger partial charge in [0, 0.05) is 0 Å². The third-order valence-electron chi connectivity index (χ3n) is 1.46. The van der Waals surface area contributed by atoms with E-state index in [2.05, 4.69) is 4.74 Å². The first-order chi connectivity index (χ1) is 5.57. The first-order valence-corrected chi connectivity index (χ1v) is 3.18. The van der Waals surface area contributed by atoms with Crippen molar-refractivity contribution in [1.82, 2.24) is 0 Å². The fraction of sp³-hybridized carbons (Fsp3) is 0.500. The van der Waals surface area contributed by atoms with E-state index in [9.17, 15) is 9.59 Å². The van der Waals surface area contributed by atoms with Gasteiger partial charge in [0.05, 0.1) is 12.7 Å². The maximum Gasteiger partial charge on any atom is 1.00 e. The molecule has 0 radical (unpaired) electrons. The van der Waals surface area contributed by atoms with E-state index in [1.807, 2.05) is 0 Å². The molecule has 1 fully saturated rings. The number of ether oxygens (including phenoxy) is 1. The molecule has 0 aromatic carbocycles. The van der Waals surface area contributed by atoms with Gasteiger partial charge in [0.2, 0.25) is 5.97 Å². The molecule has 1 saturated heterocycles. The van der Waals surface area contributed by atoms with Gasteiger partial charge in [-0.1, -0.05) is 0 Å². The van der Waals surface area contributed by atoms with Crippen molar-refractivity contribution in [1.29, 1.82) is 0 Å². The maximum atomic E-state index is 10.6. The van der Waals surface area contributed by atoms with E-state index >= 15 is 0 Å². The van der Waals surface area contributed by atoms with Crippen molar-refractivity contribution >= 4 is 11.8 Å². The van der Waals surface area contributed by atoms with Gasteiger partial charge in [0.25, 0.3) is 0 Å². The summed E-state index contributed by atoms with van der Waals surface area (Å²) in [5, 5.41) is 26.2. The van der Waals surface area contributed by atoms with Crippen LogP contribution in [0.5, 0.6) is 0 Å². The fourth-order valence-electron chi connectivity index (χ4n) is 0.815. The van der Waals surface area contributed by atoms with Crippen LogP contribution < -0.4 is 29.6 Å². The molecule has 0 spiro atoms. The minimum atomic E-state index is -1.46. The van der Waals surface area contributed by atoms with E-state index in [4.69, 9.17) is 15.3 Å². The van der Waals surface area contributed by atoms with Crippen LogP contribution in [0.1, 0.15) is 0 Å². The molecule has 1 heterocycles. The maximum absolute atomic E-state index is 10.6. The summed E-state index contributed by atoms with van der Waals surface area (Å²) in [5.74, 6) is -2.39. The van der Waals surface area contributed by atoms with Crippen molar-refractivity contribution in [2.24, 2.45) is 0 Å². The van der Waals surface area contributed by atoms with Crippen LogP contribution in [-0.2, 0) is 14.3 Å². The van der Waals surface area contributed by atoms with Crippen molar-refractivity contribution in [3.05, 3.63) is 6.10 Å². The molecule has 1 aliphatic heterocycles. The second-order valence-electron chi connectivity index (χ2n) is 2.29. The zero-order valence-corrected chi connectivity index (χ0v) is 9.43. The number of esters is 1. The second-order valence-corrected chi connectivity index (χ2v) is 2.29. The van der Waals surface area contributed by atoms with E-state index in [1.165, 1.54) is 0 Å². The van der Waals surface area contributed by atoms with Gasteiger partial charge in [-0.3, -0.25) is 0 Å². The van der Waals surface area contributed by atoms with Gasteiger partial charge in [-0.05, 0) is 6.10 Å². The van der Waals surface area contributed by atoms with Gasteiger partial charge in [-0.15, -0.1) is 0 Å². The molecule has 0 saturated carbocycles. The van der Waals surface area contributed by atoms with Crippen molar-refractivity contribution in [3.8, 4) is 0 Å². The van der Waals surface area contributed by atoms with Gasteiger partial charge in [-0.25, -0.2) is 0 Å². The number of carbonyl (C=O) groups excluding carboxylic acids is 2. The van der Waals surface area contributed by atoms with Gasteiger partial charge in [0.15, 0.2) is 0 Å². The minimum absolute atomic E-state index is 0.